The van der Waals surface area contributed by atoms with E-state index in [-0.39, 0.29) is 17.3 Å². The van der Waals surface area contributed by atoms with E-state index in [4.69, 9.17) is 11.1 Å². The Balaban J connectivity index is 4.02. The van der Waals surface area contributed by atoms with Crippen LogP contribution in [0.5, 0.6) is 0 Å². The highest BCUT2D eigenvalue weighted by atomic mass is 32.2. The molecule has 60 valence electrons. The van der Waals surface area contributed by atoms with Crippen LogP contribution in [0.3, 0.4) is 0 Å². The van der Waals surface area contributed by atoms with Gasteiger partial charge in [0.15, 0.2) is 9.84 Å². The Kier molecular flexibility index (Phi) is 3.35. The quantitative estimate of drug-likeness (QED) is 0.444. The lowest BCUT2D eigenvalue weighted by molar-refractivity contribution is 0.598. The molecule has 0 fully saturated rings. The van der Waals surface area contributed by atoms with E-state index in [2.05, 4.69) is 0 Å². The van der Waals surface area contributed by atoms with Crippen molar-refractivity contribution >= 4 is 15.7 Å². The minimum absolute atomic E-state index is 0.118. The molecule has 0 aliphatic rings. The Morgan fingerprint density at radius 2 is 2.10 bits per heavy atom. The highest BCUT2D eigenvalue weighted by molar-refractivity contribution is 7.92. The Morgan fingerprint density at radius 1 is 1.60 bits per heavy atom. The molecule has 0 bridgehead atoms. The van der Waals surface area contributed by atoms with Crippen LogP contribution in [0, 0.1) is 5.41 Å². The smallest absolute Gasteiger partial charge is 0.157 e. The number of hydrogen-bond donors (Lipinski definition) is 2. The monoisotopic (exact) mass is 164 g/mol. The van der Waals surface area contributed by atoms with E-state index in [9.17, 15) is 8.42 Å². The van der Waals surface area contributed by atoms with Crippen molar-refractivity contribution in [3.05, 3.63) is 0 Å². The fraction of sp³-hybridized carbons (Fsp3) is 0.800. The summed E-state index contributed by atoms with van der Waals surface area (Å²) < 4.78 is 21.6. The van der Waals surface area contributed by atoms with Crippen molar-refractivity contribution in [1.82, 2.24) is 0 Å². The summed E-state index contributed by atoms with van der Waals surface area (Å²) in [5.41, 5.74) is 4.91. The minimum Gasteiger partial charge on any atom is -0.387 e. The molecule has 0 aliphatic heterocycles. The minimum atomic E-state index is -3.08. The van der Waals surface area contributed by atoms with Crippen LogP contribution in [0.1, 0.15) is 13.3 Å². The third kappa shape index (κ3) is 4.31. The largest absolute Gasteiger partial charge is 0.387 e. The van der Waals surface area contributed by atoms with Gasteiger partial charge in [-0.15, -0.1) is 0 Å². The van der Waals surface area contributed by atoms with Gasteiger partial charge in [0, 0.05) is 0 Å². The summed E-state index contributed by atoms with van der Waals surface area (Å²) in [6, 6.07) is 0. The SMILES string of the molecule is CCCS(=O)(=O)CC(=N)N. The van der Waals surface area contributed by atoms with E-state index >= 15 is 0 Å². The van der Waals surface area contributed by atoms with Crippen LogP contribution in [-0.2, 0) is 9.84 Å². The van der Waals surface area contributed by atoms with Gasteiger partial charge < -0.3 is 5.73 Å². The molecule has 0 atom stereocenters. The molecule has 0 aromatic rings. The molecule has 0 aromatic heterocycles. The van der Waals surface area contributed by atoms with Crippen LogP contribution in [0.25, 0.3) is 0 Å². The van der Waals surface area contributed by atoms with Gasteiger partial charge in [-0.3, -0.25) is 5.41 Å². The molecule has 0 rings (SSSR count). The van der Waals surface area contributed by atoms with E-state index < -0.39 is 9.84 Å². The second kappa shape index (κ2) is 3.55. The van der Waals surface area contributed by atoms with Crippen LogP contribution in [0.15, 0.2) is 0 Å². The van der Waals surface area contributed by atoms with E-state index in [1.165, 1.54) is 0 Å². The van der Waals surface area contributed by atoms with Crippen LogP contribution in [0.4, 0.5) is 0 Å². The van der Waals surface area contributed by atoms with Gasteiger partial charge in [-0.25, -0.2) is 8.42 Å². The molecule has 0 unspecified atom stereocenters. The third-order valence-electron chi connectivity index (χ3n) is 0.891. The number of hydrogen-bond acceptors (Lipinski definition) is 3. The average molecular weight is 164 g/mol. The van der Waals surface area contributed by atoms with Crippen molar-refractivity contribution in [2.24, 2.45) is 5.73 Å². The number of nitrogens with two attached hydrogens (primary N) is 1. The summed E-state index contributed by atoms with van der Waals surface area (Å²) in [5.74, 6) is -0.471. The Bertz CT molecular complexity index is 208. The molecule has 0 radical (unpaired) electrons. The molecule has 5 heteroatoms. The predicted octanol–water partition coefficient (Wildman–Crippen LogP) is -0.253. The summed E-state index contributed by atoms with van der Waals surface area (Å²) >= 11 is 0. The van der Waals surface area contributed by atoms with Crippen molar-refractivity contribution < 1.29 is 8.42 Å². The lowest BCUT2D eigenvalue weighted by atomic mass is 10.6. The Labute approximate surface area is 60.8 Å². The van der Waals surface area contributed by atoms with E-state index in [1.807, 2.05) is 0 Å². The highest BCUT2D eigenvalue weighted by Crippen LogP contribution is 1.91. The van der Waals surface area contributed by atoms with Gasteiger partial charge in [0.2, 0.25) is 0 Å². The lowest BCUT2D eigenvalue weighted by Gasteiger charge is -1.98. The second-order valence-corrected chi connectivity index (χ2v) is 4.30. The third-order valence-corrected chi connectivity index (χ3v) is 2.67. The van der Waals surface area contributed by atoms with Gasteiger partial charge in [0.1, 0.15) is 11.6 Å². The number of amidine groups is 1. The number of rotatable bonds is 4. The Hall–Kier alpha value is -0.580. The van der Waals surface area contributed by atoms with Gasteiger partial charge in [-0.2, -0.15) is 0 Å². The zero-order chi connectivity index (χ0) is 8.20. The average Bonchev–Trinajstić information content (AvgIpc) is 1.59. The van der Waals surface area contributed by atoms with Crippen molar-refractivity contribution in [2.45, 2.75) is 13.3 Å². The zero-order valence-corrected chi connectivity index (χ0v) is 6.74. The van der Waals surface area contributed by atoms with Crippen molar-refractivity contribution in [3.8, 4) is 0 Å². The molecule has 4 nitrogen and oxygen atoms in total. The van der Waals surface area contributed by atoms with Crippen LogP contribution in [-0.4, -0.2) is 25.8 Å². The standard InChI is InChI=1S/C5H12N2O2S/c1-2-3-10(8,9)4-5(6)7/h2-4H2,1H3,(H3,6,7). The maximum atomic E-state index is 10.8. The van der Waals surface area contributed by atoms with Crippen molar-refractivity contribution in [2.75, 3.05) is 11.5 Å². The molecule has 0 heterocycles. The van der Waals surface area contributed by atoms with E-state index in [0.717, 1.165) is 0 Å². The van der Waals surface area contributed by atoms with Crippen LogP contribution >= 0.6 is 0 Å². The van der Waals surface area contributed by atoms with Gasteiger partial charge in [-0.1, -0.05) is 6.92 Å². The van der Waals surface area contributed by atoms with Gasteiger partial charge in [0.25, 0.3) is 0 Å². The molecule has 3 N–H and O–H groups in total. The van der Waals surface area contributed by atoms with Crippen molar-refractivity contribution in [1.29, 1.82) is 5.41 Å². The molecular weight excluding hydrogens is 152 g/mol. The first kappa shape index (κ1) is 9.42. The molecule has 10 heavy (non-hydrogen) atoms. The summed E-state index contributed by atoms with van der Waals surface area (Å²) in [4.78, 5) is 0. The van der Waals surface area contributed by atoms with E-state index in [0.29, 0.717) is 6.42 Å². The maximum Gasteiger partial charge on any atom is 0.157 e. The molecule has 0 aromatic carbocycles. The second-order valence-electron chi connectivity index (χ2n) is 2.12. The van der Waals surface area contributed by atoms with Crippen molar-refractivity contribution in [3.63, 3.8) is 0 Å². The molecule has 0 saturated heterocycles. The summed E-state index contributed by atoms with van der Waals surface area (Å²) in [5, 5.41) is 6.73. The highest BCUT2D eigenvalue weighted by Gasteiger charge is 2.09. The summed E-state index contributed by atoms with van der Waals surface area (Å²) in [6.45, 7) is 1.78. The van der Waals surface area contributed by atoms with Gasteiger partial charge in [0.05, 0.1) is 5.75 Å². The first-order valence-electron chi connectivity index (χ1n) is 3.01. The fourth-order valence-corrected chi connectivity index (χ4v) is 1.86. The zero-order valence-electron chi connectivity index (χ0n) is 5.92. The number of nitrogens with one attached hydrogen (secondary N) is 1. The van der Waals surface area contributed by atoms with E-state index in [1.54, 1.807) is 6.92 Å². The molecule has 0 amide bonds. The lowest BCUT2D eigenvalue weighted by Crippen LogP contribution is -2.24. The first-order valence-corrected chi connectivity index (χ1v) is 4.83. The molecule has 0 aliphatic carbocycles. The molecule has 0 spiro atoms. The molecular formula is C5H12N2O2S. The van der Waals surface area contributed by atoms with Crippen LogP contribution < -0.4 is 5.73 Å². The first-order chi connectivity index (χ1) is 4.48. The van der Waals surface area contributed by atoms with Gasteiger partial charge >= 0.3 is 0 Å². The van der Waals surface area contributed by atoms with Gasteiger partial charge in [-0.05, 0) is 6.42 Å². The summed E-state index contributed by atoms with van der Waals surface area (Å²) in [6.07, 6.45) is 0.579. The summed E-state index contributed by atoms with van der Waals surface area (Å²) in [7, 11) is -3.08. The number of sulfone groups is 1. The van der Waals surface area contributed by atoms with Crippen LogP contribution in [0.2, 0.25) is 0 Å². The normalized spacial score (nSPS) is 11.3. The fourth-order valence-electron chi connectivity index (χ4n) is 0.620. The predicted molar refractivity (Wildman–Crippen MR) is 40.9 cm³/mol. The topological polar surface area (TPSA) is 84.0 Å². The molecule has 0 saturated carbocycles. The maximum absolute atomic E-state index is 10.8. The Morgan fingerprint density at radius 3 is 2.40 bits per heavy atom.